The van der Waals surface area contributed by atoms with Gasteiger partial charge in [-0.25, -0.2) is 8.42 Å². The standard InChI is InChI=1S/C33H31Cl2N3O6S/c1-22-4-10-28(11-5-22)45(40,41)38(20-24-6-12-29(34)30(35)16-24)21-27-9-8-26(44-27)18-25(19-36)33(39)37-15-14-23-7-13-31(42-2)32(17-23)43-3/h4-13,16-18H,14-15,20-21H2,1-3H3,(H,37,39)/b25-18-. The molecule has 45 heavy (non-hydrogen) atoms. The van der Waals surface area contributed by atoms with Gasteiger partial charge in [-0.1, -0.05) is 53.0 Å². The van der Waals surface area contributed by atoms with Gasteiger partial charge in [-0.2, -0.15) is 9.57 Å². The third-order valence-electron chi connectivity index (χ3n) is 6.82. The first-order valence-electron chi connectivity index (χ1n) is 13.7. The first kappa shape index (κ1) is 33.6. The van der Waals surface area contributed by atoms with Crippen molar-refractivity contribution in [3.8, 4) is 17.6 Å². The monoisotopic (exact) mass is 667 g/mol. The number of halogens is 2. The Balaban J connectivity index is 1.49. The number of amides is 1. The van der Waals surface area contributed by atoms with Crippen molar-refractivity contribution >= 4 is 45.2 Å². The number of nitrogens with one attached hydrogen (secondary N) is 1. The van der Waals surface area contributed by atoms with Gasteiger partial charge >= 0.3 is 0 Å². The summed E-state index contributed by atoms with van der Waals surface area (Å²) in [5.74, 6) is 1.14. The average molecular weight is 669 g/mol. The number of furan rings is 1. The van der Waals surface area contributed by atoms with E-state index in [0.29, 0.717) is 39.3 Å². The number of hydrogen-bond donors (Lipinski definition) is 1. The Morgan fingerprint density at radius 3 is 2.31 bits per heavy atom. The molecule has 0 aliphatic rings. The summed E-state index contributed by atoms with van der Waals surface area (Å²) in [5, 5.41) is 13.0. The molecule has 4 rings (SSSR count). The molecule has 12 heteroatoms. The smallest absolute Gasteiger partial charge is 0.262 e. The number of hydrogen-bond acceptors (Lipinski definition) is 7. The molecule has 0 aliphatic heterocycles. The summed E-state index contributed by atoms with van der Waals surface area (Å²) >= 11 is 12.2. The number of nitrogens with zero attached hydrogens (tertiary/aromatic N) is 2. The van der Waals surface area contributed by atoms with E-state index in [0.717, 1.165) is 11.1 Å². The highest BCUT2D eigenvalue weighted by Gasteiger charge is 2.26. The number of ether oxygens (including phenoxy) is 2. The summed E-state index contributed by atoms with van der Waals surface area (Å²) in [4.78, 5) is 12.9. The molecule has 1 amide bonds. The van der Waals surface area contributed by atoms with Crippen molar-refractivity contribution in [2.45, 2.75) is 31.3 Å². The highest BCUT2D eigenvalue weighted by Crippen LogP contribution is 2.28. The molecule has 0 atom stereocenters. The number of sulfonamides is 1. The molecule has 3 aromatic carbocycles. The minimum absolute atomic E-state index is 0.00904. The van der Waals surface area contributed by atoms with Gasteiger partial charge in [-0.05, 0) is 73.0 Å². The number of carbonyl (C=O) groups is 1. The minimum Gasteiger partial charge on any atom is -0.493 e. The molecule has 0 aliphatic carbocycles. The van der Waals surface area contributed by atoms with Crippen LogP contribution in [0.25, 0.3) is 6.08 Å². The molecule has 0 spiro atoms. The second-order valence-electron chi connectivity index (χ2n) is 10.0. The highest BCUT2D eigenvalue weighted by atomic mass is 35.5. The van der Waals surface area contributed by atoms with Gasteiger partial charge in [0.2, 0.25) is 10.0 Å². The van der Waals surface area contributed by atoms with Crippen LogP contribution in [-0.2, 0) is 34.3 Å². The van der Waals surface area contributed by atoms with Crippen LogP contribution in [-0.4, -0.2) is 39.4 Å². The first-order valence-corrected chi connectivity index (χ1v) is 15.9. The number of carbonyl (C=O) groups excluding carboxylic acids is 1. The van der Waals surface area contributed by atoms with Crippen molar-refractivity contribution in [2.75, 3.05) is 20.8 Å². The van der Waals surface area contributed by atoms with Crippen molar-refractivity contribution in [3.05, 3.63) is 117 Å². The zero-order chi connectivity index (χ0) is 32.6. The Kier molecular flexibility index (Phi) is 11.3. The van der Waals surface area contributed by atoms with Gasteiger partial charge in [-0.15, -0.1) is 0 Å². The van der Waals surface area contributed by atoms with E-state index in [1.165, 1.54) is 10.4 Å². The van der Waals surface area contributed by atoms with Crippen molar-refractivity contribution in [2.24, 2.45) is 0 Å². The van der Waals surface area contributed by atoms with Crippen LogP contribution in [0.5, 0.6) is 11.5 Å². The Morgan fingerprint density at radius 2 is 1.64 bits per heavy atom. The zero-order valence-electron chi connectivity index (χ0n) is 24.8. The van der Waals surface area contributed by atoms with Crippen molar-refractivity contribution in [1.29, 1.82) is 5.26 Å². The number of aryl methyl sites for hydroxylation is 1. The molecule has 9 nitrogen and oxygen atoms in total. The van der Waals surface area contributed by atoms with Crippen LogP contribution in [0.15, 0.2) is 87.7 Å². The van der Waals surface area contributed by atoms with Gasteiger partial charge in [0.1, 0.15) is 23.2 Å². The molecule has 0 saturated heterocycles. The van der Waals surface area contributed by atoms with Crippen molar-refractivity contribution in [3.63, 3.8) is 0 Å². The largest absolute Gasteiger partial charge is 0.493 e. The summed E-state index contributed by atoms with van der Waals surface area (Å²) in [6.45, 7) is 2.02. The van der Waals surface area contributed by atoms with Gasteiger partial charge in [0.05, 0.1) is 35.7 Å². The van der Waals surface area contributed by atoms with E-state index >= 15 is 0 Å². The second-order valence-corrected chi connectivity index (χ2v) is 12.8. The molecule has 0 fully saturated rings. The molecule has 0 radical (unpaired) electrons. The molecule has 0 unspecified atom stereocenters. The first-order chi connectivity index (χ1) is 21.5. The van der Waals surface area contributed by atoms with Gasteiger partial charge in [-0.3, -0.25) is 4.79 Å². The molecule has 4 aromatic rings. The van der Waals surface area contributed by atoms with Crippen LogP contribution in [0.1, 0.15) is 28.2 Å². The summed E-state index contributed by atoms with van der Waals surface area (Å²) in [5.41, 5.74) is 2.30. The normalized spacial score (nSPS) is 11.7. The molecule has 1 heterocycles. The van der Waals surface area contributed by atoms with Crippen molar-refractivity contribution < 1.29 is 27.1 Å². The van der Waals surface area contributed by atoms with E-state index < -0.39 is 15.9 Å². The van der Waals surface area contributed by atoms with E-state index in [9.17, 15) is 18.5 Å². The van der Waals surface area contributed by atoms with Gasteiger partial charge in [0, 0.05) is 19.2 Å². The maximum absolute atomic E-state index is 13.7. The highest BCUT2D eigenvalue weighted by molar-refractivity contribution is 7.89. The molecule has 1 N–H and O–H groups in total. The van der Waals surface area contributed by atoms with Crippen LogP contribution in [0.4, 0.5) is 0 Å². The minimum atomic E-state index is -3.96. The van der Waals surface area contributed by atoms with E-state index in [2.05, 4.69) is 5.32 Å². The summed E-state index contributed by atoms with van der Waals surface area (Å²) in [6, 6.07) is 22.0. The average Bonchev–Trinajstić information content (AvgIpc) is 3.48. The third-order valence-corrected chi connectivity index (χ3v) is 9.36. The van der Waals surface area contributed by atoms with Crippen LogP contribution in [0, 0.1) is 18.3 Å². The zero-order valence-corrected chi connectivity index (χ0v) is 27.2. The summed E-state index contributed by atoms with van der Waals surface area (Å²) in [7, 11) is -0.863. The number of rotatable bonds is 13. The van der Waals surface area contributed by atoms with Crippen LogP contribution < -0.4 is 14.8 Å². The molecule has 1 aromatic heterocycles. The van der Waals surface area contributed by atoms with Crippen LogP contribution >= 0.6 is 23.2 Å². The SMILES string of the molecule is COc1ccc(CCNC(=O)/C(C#N)=C\c2ccc(CN(Cc3ccc(Cl)c(Cl)c3)S(=O)(=O)c3ccc(C)cc3)o2)cc1OC. The fourth-order valence-electron chi connectivity index (χ4n) is 4.40. The van der Waals surface area contributed by atoms with E-state index in [1.54, 1.807) is 74.9 Å². The number of nitriles is 1. The number of methoxy groups -OCH3 is 2. The fraction of sp³-hybridized carbons (Fsp3) is 0.212. The molecule has 0 saturated carbocycles. The van der Waals surface area contributed by atoms with Gasteiger partial charge in [0.25, 0.3) is 5.91 Å². The molecular formula is C33H31Cl2N3O6S. The van der Waals surface area contributed by atoms with E-state index in [1.807, 2.05) is 25.1 Å². The Labute approximate surface area is 272 Å². The molecule has 234 valence electrons. The summed E-state index contributed by atoms with van der Waals surface area (Å²) < 4.78 is 45.1. The van der Waals surface area contributed by atoms with Gasteiger partial charge < -0.3 is 19.2 Å². The topological polar surface area (TPSA) is 122 Å². The Hall–Kier alpha value is -4.27. The number of benzene rings is 3. The fourth-order valence-corrected chi connectivity index (χ4v) is 6.12. The van der Waals surface area contributed by atoms with Crippen LogP contribution in [0.2, 0.25) is 10.0 Å². The lowest BCUT2D eigenvalue weighted by Gasteiger charge is -2.22. The lowest BCUT2D eigenvalue weighted by Crippen LogP contribution is -2.30. The quantitative estimate of drug-likeness (QED) is 0.126. The Bertz CT molecular complexity index is 1850. The maximum atomic E-state index is 13.7. The van der Waals surface area contributed by atoms with Crippen LogP contribution in [0.3, 0.4) is 0 Å². The van der Waals surface area contributed by atoms with E-state index in [-0.39, 0.29) is 35.9 Å². The van der Waals surface area contributed by atoms with Gasteiger partial charge in [0.15, 0.2) is 11.5 Å². The summed E-state index contributed by atoms with van der Waals surface area (Å²) in [6.07, 6.45) is 1.81. The molecular weight excluding hydrogens is 637 g/mol. The van der Waals surface area contributed by atoms with E-state index in [4.69, 9.17) is 37.1 Å². The lowest BCUT2D eigenvalue weighted by molar-refractivity contribution is -0.117. The maximum Gasteiger partial charge on any atom is 0.262 e. The second kappa shape index (κ2) is 15.1. The predicted octanol–water partition coefficient (Wildman–Crippen LogP) is 6.57. The third kappa shape index (κ3) is 8.68. The Morgan fingerprint density at radius 1 is 0.933 bits per heavy atom. The lowest BCUT2D eigenvalue weighted by atomic mass is 10.1. The van der Waals surface area contributed by atoms with Crippen molar-refractivity contribution in [1.82, 2.24) is 9.62 Å². The predicted molar refractivity (Wildman–Crippen MR) is 173 cm³/mol. The molecule has 0 bridgehead atoms.